The molecule has 2 heterocycles. The zero-order chi connectivity index (χ0) is 22.7. The van der Waals surface area contributed by atoms with Crippen LogP contribution in [0.5, 0.6) is 0 Å². The number of nitrogens with one attached hydrogen (secondary N) is 2. The fourth-order valence-electron chi connectivity index (χ4n) is 3.66. The first-order valence-electron chi connectivity index (χ1n) is 10.5. The van der Waals surface area contributed by atoms with Gasteiger partial charge in [0, 0.05) is 13.1 Å². The van der Waals surface area contributed by atoms with E-state index >= 15 is 0 Å². The molecule has 0 saturated carbocycles. The zero-order valence-corrected chi connectivity index (χ0v) is 19.3. The van der Waals surface area contributed by atoms with Crippen molar-refractivity contribution in [2.45, 2.75) is 39.3 Å². The van der Waals surface area contributed by atoms with Gasteiger partial charge in [-0.1, -0.05) is 35.5 Å². The molecule has 0 fully saturated rings. The maximum atomic E-state index is 12.7. The van der Waals surface area contributed by atoms with Crippen molar-refractivity contribution in [2.75, 3.05) is 28.9 Å². The Balaban J connectivity index is 1.36. The van der Waals surface area contributed by atoms with Gasteiger partial charge in [-0.05, 0) is 50.5 Å². The van der Waals surface area contributed by atoms with E-state index in [4.69, 9.17) is 9.26 Å². The first-order chi connectivity index (χ1) is 15.3. The van der Waals surface area contributed by atoms with E-state index in [0.717, 1.165) is 19.5 Å². The second-order valence-corrected chi connectivity index (χ2v) is 10.2. The van der Waals surface area contributed by atoms with Gasteiger partial charge in [-0.2, -0.15) is 0 Å². The van der Waals surface area contributed by atoms with Gasteiger partial charge >= 0.3 is 6.09 Å². The summed E-state index contributed by atoms with van der Waals surface area (Å²) < 4.78 is 23.4. The van der Waals surface area contributed by atoms with Crippen molar-refractivity contribution < 1.29 is 18.3 Å². The van der Waals surface area contributed by atoms with Gasteiger partial charge in [0.05, 0.1) is 33.6 Å². The van der Waals surface area contributed by atoms with E-state index in [1.165, 1.54) is 11.1 Å². The molecule has 0 unspecified atom stereocenters. The van der Waals surface area contributed by atoms with Crippen LogP contribution in [0.4, 0.5) is 16.3 Å². The Kier molecular flexibility index (Phi) is 6.48. The number of para-hydroxylation sites is 1. The highest BCUT2D eigenvalue weighted by molar-refractivity contribution is 7.85. The van der Waals surface area contributed by atoms with Crippen LogP contribution in [0, 0.1) is 0 Å². The highest BCUT2D eigenvalue weighted by Gasteiger charge is 2.20. The van der Waals surface area contributed by atoms with Crippen LogP contribution >= 0.6 is 0 Å². The van der Waals surface area contributed by atoms with Gasteiger partial charge in [0.25, 0.3) is 0 Å². The lowest BCUT2D eigenvalue weighted by atomic mass is 10.0. The first-order valence-corrected chi connectivity index (χ1v) is 12.0. The molecule has 1 aromatic heterocycles. The number of anilines is 2. The monoisotopic (exact) mass is 456 g/mol. The van der Waals surface area contributed by atoms with E-state index in [2.05, 4.69) is 38.9 Å². The molecule has 0 aliphatic carbocycles. The number of carbonyl (C=O) groups excluding carboxylic acids is 1. The summed E-state index contributed by atoms with van der Waals surface area (Å²) in [6.45, 7) is 7.11. The molecule has 1 amide bonds. The van der Waals surface area contributed by atoms with E-state index in [9.17, 15) is 9.00 Å². The molecule has 4 rings (SSSR count). The highest BCUT2D eigenvalue weighted by atomic mass is 32.2. The van der Waals surface area contributed by atoms with Crippen molar-refractivity contribution in [1.29, 1.82) is 0 Å². The summed E-state index contributed by atoms with van der Waals surface area (Å²) in [5, 5.41) is 10.6. The Labute approximate surface area is 189 Å². The molecule has 2 aromatic carbocycles. The predicted molar refractivity (Wildman–Crippen MR) is 126 cm³/mol. The average molecular weight is 457 g/mol. The molecule has 170 valence electrons. The Morgan fingerprint density at radius 1 is 1.19 bits per heavy atom. The summed E-state index contributed by atoms with van der Waals surface area (Å²) in [4.78, 5) is 14.3. The smallest absolute Gasteiger partial charge is 0.412 e. The fraction of sp³-hybridized carbons (Fsp3) is 0.391. The molecule has 0 radical (unpaired) electrons. The summed E-state index contributed by atoms with van der Waals surface area (Å²) in [7, 11) is -1.10. The summed E-state index contributed by atoms with van der Waals surface area (Å²) in [5.74, 6) is 1.23. The third kappa shape index (κ3) is 5.46. The average Bonchev–Trinajstić information content (AvgIpc) is 3.15. The van der Waals surface area contributed by atoms with Crippen LogP contribution in [-0.4, -0.2) is 44.3 Å². The van der Waals surface area contributed by atoms with Gasteiger partial charge in [0.1, 0.15) is 5.60 Å². The lowest BCUT2D eigenvalue weighted by Crippen LogP contribution is -2.34. The standard InChI is InChI=1S/C23H28N4O4S/c1-23(2,3)30-22(28)25-19-10-6-9-18-20(19)31-26-21(18)24-14-32(29)15-27-12-11-16-7-4-5-8-17(16)13-27/h4-10H,11-15H2,1-3H3,(H,24,26)(H,25,28)/t32-/m0/s1. The van der Waals surface area contributed by atoms with E-state index in [1.54, 1.807) is 32.9 Å². The first kappa shape index (κ1) is 22.3. The van der Waals surface area contributed by atoms with Gasteiger partial charge in [-0.3, -0.25) is 14.4 Å². The number of hydrogen-bond acceptors (Lipinski definition) is 7. The van der Waals surface area contributed by atoms with E-state index in [1.807, 2.05) is 12.1 Å². The maximum absolute atomic E-state index is 12.7. The van der Waals surface area contributed by atoms with Crippen LogP contribution in [0.3, 0.4) is 0 Å². The Hall–Kier alpha value is -2.91. The quantitative estimate of drug-likeness (QED) is 0.570. The second kappa shape index (κ2) is 9.30. The van der Waals surface area contributed by atoms with Crippen LogP contribution in [0.2, 0.25) is 0 Å². The SMILES string of the molecule is CC(C)(C)OC(=O)Nc1cccc2c(NC[S@](=O)CN3CCc4ccccc4C3)noc12. The molecule has 0 spiro atoms. The van der Waals surface area contributed by atoms with Crippen molar-refractivity contribution in [2.24, 2.45) is 0 Å². The Morgan fingerprint density at radius 2 is 1.97 bits per heavy atom. The number of fused-ring (bicyclic) bond motifs is 2. The number of rotatable bonds is 6. The minimum Gasteiger partial charge on any atom is -0.444 e. The zero-order valence-electron chi connectivity index (χ0n) is 18.5. The minimum atomic E-state index is -1.10. The lowest BCUT2D eigenvalue weighted by Gasteiger charge is -2.28. The third-order valence-corrected chi connectivity index (χ3v) is 6.19. The highest BCUT2D eigenvalue weighted by Crippen LogP contribution is 2.29. The molecule has 0 saturated heterocycles. The van der Waals surface area contributed by atoms with Crippen molar-refractivity contribution >= 4 is 39.4 Å². The third-order valence-electron chi connectivity index (χ3n) is 5.07. The molecule has 0 bridgehead atoms. The predicted octanol–water partition coefficient (Wildman–Crippen LogP) is 4.31. The molecule has 1 aliphatic rings. The lowest BCUT2D eigenvalue weighted by molar-refractivity contribution is 0.0636. The summed E-state index contributed by atoms with van der Waals surface area (Å²) in [6.07, 6.45) is 0.405. The van der Waals surface area contributed by atoms with E-state index < -0.39 is 22.5 Å². The van der Waals surface area contributed by atoms with Gasteiger partial charge in [0.2, 0.25) is 0 Å². The van der Waals surface area contributed by atoms with Crippen molar-refractivity contribution in [1.82, 2.24) is 10.1 Å². The molecule has 2 N–H and O–H groups in total. The number of nitrogens with zero attached hydrogens (tertiary/aromatic N) is 2. The minimum absolute atomic E-state index is 0.253. The maximum Gasteiger partial charge on any atom is 0.412 e. The molecular weight excluding hydrogens is 428 g/mol. The van der Waals surface area contributed by atoms with Crippen LogP contribution < -0.4 is 10.6 Å². The van der Waals surface area contributed by atoms with Crippen LogP contribution in [0.1, 0.15) is 31.9 Å². The van der Waals surface area contributed by atoms with Gasteiger partial charge in [0.15, 0.2) is 11.4 Å². The molecular formula is C23H28N4O4S. The summed E-state index contributed by atoms with van der Waals surface area (Å²) in [5.41, 5.74) is 2.96. The fourth-order valence-corrected chi connectivity index (χ4v) is 4.68. The van der Waals surface area contributed by atoms with E-state index in [0.29, 0.717) is 28.4 Å². The number of hydrogen-bond donors (Lipinski definition) is 2. The van der Waals surface area contributed by atoms with Crippen molar-refractivity contribution in [3.63, 3.8) is 0 Å². The van der Waals surface area contributed by atoms with Gasteiger partial charge in [-0.25, -0.2) is 4.79 Å². The van der Waals surface area contributed by atoms with Crippen LogP contribution in [-0.2, 0) is 28.5 Å². The Bertz CT molecular complexity index is 1140. The van der Waals surface area contributed by atoms with E-state index in [-0.39, 0.29) is 5.88 Å². The van der Waals surface area contributed by atoms with Crippen LogP contribution in [0.25, 0.3) is 11.0 Å². The van der Waals surface area contributed by atoms with Gasteiger partial charge < -0.3 is 14.6 Å². The summed E-state index contributed by atoms with van der Waals surface area (Å²) >= 11 is 0. The molecule has 9 heteroatoms. The Morgan fingerprint density at radius 3 is 2.75 bits per heavy atom. The number of benzene rings is 2. The number of ether oxygens (including phenoxy) is 1. The molecule has 3 aromatic rings. The van der Waals surface area contributed by atoms with Crippen LogP contribution in [0.15, 0.2) is 47.0 Å². The molecule has 1 aliphatic heterocycles. The normalized spacial score (nSPS) is 15.2. The topological polar surface area (TPSA) is 96.7 Å². The molecule has 32 heavy (non-hydrogen) atoms. The van der Waals surface area contributed by atoms with Crippen molar-refractivity contribution in [3.05, 3.63) is 53.6 Å². The van der Waals surface area contributed by atoms with Crippen molar-refractivity contribution in [3.8, 4) is 0 Å². The number of aromatic nitrogens is 1. The number of amides is 1. The molecule has 8 nitrogen and oxygen atoms in total. The largest absolute Gasteiger partial charge is 0.444 e. The second-order valence-electron chi connectivity index (χ2n) is 8.80. The molecule has 1 atom stereocenters. The summed E-state index contributed by atoms with van der Waals surface area (Å²) in [6, 6.07) is 13.7. The number of carbonyl (C=O) groups is 1. The van der Waals surface area contributed by atoms with Gasteiger partial charge in [-0.15, -0.1) is 0 Å².